The molecule has 1 aliphatic rings. The molecule has 7 nitrogen and oxygen atoms in total. The van der Waals surface area contributed by atoms with Gasteiger partial charge in [0.05, 0.1) is 28.3 Å². The zero-order valence-electron chi connectivity index (χ0n) is 15.7. The van der Waals surface area contributed by atoms with Crippen LogP contribution in [0.1, 0.15) is 5.69 Å². The van der Waals surface area contributed by atoms with Crippen molar-refractivity contribution in [3.05, 3.63) is 87.6 Å². The van der Waals surface area contributed by atoms with Crippen LogP contribution in [0.2, 0.25) is 0 Å². The lowest BCUT2D eigenvalue weighted by molar-refractivity contribution is -0.384. The third kappa shape index (κ3) is 3.72. The van der Waals surface area contributed by atoms with Crippen molar-refractivity contribution in [2.75, 3.05) is 12.0 Å². The van der Waals surface area contributed by atoms with E-state index < -0.39 is 4.92 Å². The molecule has 0 bridgehead atoms. The molecule has 1 saturated heterocycles. The molecule has 0 radical (unpaired) electrons. The highest BCUT2D eigenvalue weighted by Gasteiger charge is 2.33. The average Bonchev–Trinajstić information content (AvgIpc) is 3.32. The zero-order chi connectivity index (χ0) is 21.3. The van der Waals surface area contributed by atoms with Gasteiger partial charge in [0.25, 0.3) is 11.6 Å². The number of nitro groups is 1. The summed E-state index contributed by atoms with van der Waals surface area (Å²) >= 11 is 6.63. The Hall–Kier alpha value is -3.43. The molecule has 30 heavy (non-hydrogen) atoms. The van der Waals surface area contributed by atoms with Gasteiger partial charge in [-0.15, -0.1) is 0 Å². The third-order valence-electron chi connectivity index (χ3n) is 4.50. The summed E-state index contributed by atoms with van der Waals surface area (Å²) in [6.45, 7) is 0. The molecule has 3 aromatic rings. The number of ether oxygens (including phenoxy) is 1. The summed E-state index contributed by atoms with van der Waals surface area (Å²) in [5, 5.41) is 11.1. The maximum atomic E-state index is 13.0. The second kappa shape index (κ2) is 8.13. The van der Waals surface area contributed by atoms with Crippen LogP contribution in [0, 0.1) is 10.1 Å². The number of non-ortho nitro benzene ring substituents is 1. The number of thioether (sulfide) groups is 1. The normalized spacial score (nSPS) is 15.1. The number of rotatable bonds is 5. The molecule has 1 fully saturated rings. The standard InChI is InChI=1S/C21H15N3O4S2/c1-28-18-9-7-14(8-10-18)23-20(25)19(30-21(23)29)13-16-6-3-11-22(16)15-4-2-5-17(12-15)24(26)27/h2-13H,1H3/b19-13-. The Kier molecular flexibility index (Phi) is 5.39. The highest BCUT2D eigenvalue weighted by molar-refractivity contribution is 8.27. The minimum Gasteiger partial charge on any atom is -0.497 e. The van der Waals surface area contributed by atoms with Gasteiger partial charge >= 0.3 is 0 Å². The molecular weight excluding hydrogens is 422 g/mol. The van der Waals surface area contributed by atoms with Gasteiger partial charge in [-0.05, 0) is 48.5 Å². The van der Waals surface area contributed by atoms with Gasteiger partial charge in [0.15, 0.2) is 4.32 Å². The van der Waals surface area contributed by atoms with Crippen LogP contribution in [-0.4, -0.2) is 26.8 Å². The lowest BCUT2D eigenvalue weighted by Gasteiger charge is -2.14. The van der Waals surface area contributed by atoms with E-state index in [1.807, 2.05) is 12.1 Å². The van der Waals surface area contributed by atoms with Gasteiger partial charge in [-0.1, -0.05) is 30.0 Å². The number of thiocarbonyl (C=S) groups is 1. The van der Waals surface area contributed by atoms with E-state index in [9.17, 15) is 14.9 Å². The number of hydrogen-bond acceptors (Lipinski definition) is 6. The minimum atomic E-state index is -0.438. The maximum absolute atomic E-state index is 13.0. The number of nitrogens with zero attached hydrogens (tertiary/aromatic N) is 3. The first-order chi connectivity index (χ1) is 14.5. The van der Waals surface area contributed by atoms with Crippen molar-refractivity contribution >= 4 is 51.7 Å². The molecule has 0 unspecified atom stereocenters. The molecule has 2 aromatic carbocycles. The van der Waals surface area contributed by atoms with Crippen LogP contribution < -0.4 is 9.64 Å². The van der Waals surface area contributed by atoms with Gasteiger partial charge in [-0.25, -0.2) is 0 Å². The Morgan fingerprint density at radius 2 is 1.87 bits per heavy atom. The van der Waals surface area contributed by atoms with E-state index in [-0.39, 0.29) is 11.6 Å². The average molecular weight is 438 g/mol. The van der Waals surface area contributed by atoms with Crippen molar-refractivity contribution in [1.29, 1.82) is 0 Å². The van der Waals surface area contributed by atoms with Crippen molar-refractivity contribution in [3.8, 4) is 11.4 Å². The predicted molar refractivity (Wildman–Crippen MR) is 121 cm³/mol. The molecule has 0 saturated carbocycles. The molecule has 2 heterocycles. The van der Waals surface area contributed by atoms with E-state index in [1.165, 1.54) is 28.8 Å². The Labute approximate surface area is 181 Å². The van der Waals surface area contributed by atoms with Crippen LogP contribution in [0.5, 0.6) is 5.75 Å². The first kappa shape index (κ1) is 19.9. The first-order valence-corrected chi connectivity index (χ1v) is 10.0. The molecule has 0 N–H and O–H groups in total. The van der Waals surface area contributed by atoms with E-state index in [0.29, 0.717) is 32.0 Å². The highest BCUT2D eigenvalue weighted by Crippen LogP contribution is 2.36. The van der Waals surface area contributed by atoms with E-state index in [0.717, 1.165) is 0 Å². The molecule has 4 rings (SSSR count). The number of carbonyl (C=O) groups excluding carboxylic acids is 1. The third-order valence-corrected chi connectivity index (χ3v) is 5.80. The van der Waals surface area contributed by atoms with Crippen LogP contribution in [0.3, 0.4) is 0 Å². The number of amides is 1. The SMILES string of the molecule is COc1ccc(N2C(=O)/C(=C/c3cccn3-c3cccc([N+](=O)[O-])c3)SC2=S)cc1. The molecule has 1 aromatic heterocycles. The molecule has 9 heteroatoms. The highest BCUT2D eigenvalue weighted by atomic mass is 32.2. The molecule has 1 aliphatic heterocycles. The quantitative estimate of drug-likeness (QED) is 0.247. The topological polar surface area (TPSA) is 77.6 Å². The smallest absolute Gasteiger partial charge is 0.271 e. The Morgan fingerprint density at radius 1 is 1.10 bits per heavy atom. The lowest BCUT2D eigenvalue weighted by Crippen LogP contribution is -2.27. The summed E-state index contributed by atoms with van der Waals surface area (Å²) in [4.78, 5) is 25.6. The Balaban J connectivity index is 1.66. The van der Waals surface area contributed by atoms with E-state index >= 15 is 0 Å². The van der Waals surface area contributed by atoms with Crippen LogP contribution >= 0.6 is 24.0 Å². The summed E-state index contributed by atoms with van der Waals surface area (Å²) in [6.07, 6.45) is 3.52. The number of anilines is 1. The monoisotopic (exact) mass is 437 g/mol. The molecule has 0 aliphatic carbocycles. The maximum Gasteiger partial charge on any atom is 0.271 e. The van der Waals surface area contributed by atoms with Crippen LogP contribution in [0.4, 0.5) is 11.4 Å². The second-order valence-corrected chi connectivity index (χ2v) is 7.97. The first-order valence-electron chi connectivity index (χ1n) is 8.82. The number of carbonyl (C=O) groups is 1. The van der Waals surface area contributed by atoms with Crippen LogP contribution in [0.15, 0.2) is 71.8 Å². The van der Waals surface area contributed by atoms with Gasteiger partial charge in [-0.2, -0.15) is 0 Å². The number of hydrogen-bond donors (Lipinski definition) is 0. The van der Waals surface area contributed by atoms with Crippen molar-refractivity contribution in [2.45, 2.75) is 0 Å². The van der Waals surface area contributed by atoms with Crippen molar-refractivity contribution in [3.63, 3.8) is 0 Å². The number of methoxy groups -OCH3 is 1. The summed E-state index contributed by atoms with van der Waals surface area (Å²) in [5.41, 5.74) is 2.01. The van der Waals surface area contributed by atoms with Crippen LogP contribution in [-0.2, 0) is 4.79 Å². The summed E-state index contributed by atoms with van der Waals surface area (Å²) in [7, 11) is 1.58. The summed E-state index contributed by atoms with van der Waals surface area (Å²) in [6, 6.07) is 17.1. The van der Waals surface area contributed by atoms with E-state index in [1.54, 1.807) is 60.3 Å². The van der Waals surface area contributed by atoms with Gasteiger partial charge in [-0.3, -0.25) is 19.8 Å². The molecule has 0 spiro atoms. The van der Waals surface area contributed by atoms with Gasteiger partial charge in [0, 0.05) is 24.0 Å². The molecule has 1 amide bonds. The number of benzene rings is 2. The summed E-state index contributed by atoms with van der Waals surface area (Å²) < 4.78 is 7.38. The van der Waals surface area contributed by atoms with Gasteiger partial charge < -0.3 is 9.30 Å². The fraction of sp³-hybridized carbons (Fsp3) is 0.0476. The molecule has 150 valence electrons. The second-order valence-electron chi connectivity index (χ2n) is 6.30. The fourth-order valence-electron chi connectivity index (χ4n) is 3.06. The van der Waals surface area contributed by atoms with Crippen LogP contribution in [0.25, 0.3) is 11.8 Å². The largest absolute Gasteiger partial charge is 0.497 e. The summed E-state index contributed by atoms with van der Waals surface area (Å²) in [5.74, 6) is 0.469. The van der Waals surface area contributed by atoms with Crippen molar-refractivity contribution in [2.24, 2.45) is 0 Å². The number of nitro benzene ring substituents is 1. The fourth-order valence-corrected chi connectivity index (χ4v) is 4.34. The molecule has 0 atom stereocenters. The van der Waals surface area contributed by atoms with Gasteiger partial charge in [0.1, 0.15) is 5.75 Å². The molecular formula is C21H15N3O4S2. The van der Waals surface area contributed by atoms with E-state index in [2.05, 4.69) is 0 Å². The van der Waals surface area contributed by atoms with Gasteiger partial charge in [0.2, 0.25) is 0 Å². The lowest BCUT2D eigenvalue weighted by atomic mass is 10.2. The Bertz CT molecular complexity index is 1180. The van der Waals surface area contributed by atoms with E-state index in [4.69, 9.17) is 17.0 Å². The minimum absolute atomic E-state index is 0.00187. The zero-order valence-corrected chi connectivity index (χ0v) is 17.4. The van der Waals surface area contributed by atoms with Crippen molar-refractivity contribution in [1.82, 2.24) is 4.57 Å². The Morgan fingerprint density at radius 3 is 2.57 bits per heavy atom. The van der Waals surface area contributed by atoms with Crippen molar-refractivity contribution < 1.29 is 14.5 Å². The number of aromatic nitrogens is 1. The predicted octanol–water partition coefficient (Wildman–Crippen LogP) is 4.80.